The molecule has 0 spiro atoms. The highest BCUT2D eigenvalue weighted by molar-refractivity contribution is 5.91. The van der Waals surface area contributed by atoms with Gasteiger partial charge >= 0.3 is 5.97 Å². The lowest BCUT2D eigenvalue weighted by atomic mass is 10.1. The van der Waals surface area contributed by atoms with Gasteiger partial charge in [-0.1, -0.05) is 24.3 Å². The summed E-state index contributed by atoms with van der Waals surface area (Å²) in [6.45, 7) is 1.96. The maximum Gasteiger partial charge on any atom is 0.337 e. The molecule has 0 aliphatic rings. The summed E-state index contributed by atoms with van der Waals surface area (Å²) in [5.74, 6) is -0.362. The van der Waals surface area contributed by atoms with E-state index in [1.807, 2.05) is 61.7 Å². The van der Waals surface area contributed by atoms with Crippen molar-refractivity contribution < 1.29 is 9.53 Å². The summed E-state index contributed by atoms with van der Waals surface area (Å²) >= 11 is 0. The average molecular weight is 318 g/mol. The molecule has 1 aromatic heterocycles. The minimum Gasteiger partial charge on any atom is -0.465 e. The van der Waals surface area contributed by atoms with Crippen LogP contribution in [0.25, 0.3) is 5.69 Å². The van der Waals surface area contributed by atoms with Gasteiger partial charge in [-0.3, -0.25) is 4.99 Å². The summed E-state index contributed by atoms with van der Waals surface area (Å²) in [5, 5.41) is 0. The van der Waals surface area contributed by atoms with Crippen LogP contribution in [0.4, 0.5) is 5.69 Å². The van der Waals surface area contributed by atoms with Crippen molar-refractivity contribution in [2.45, 2.75) is 6.92 Å². The lowest BCUT2D eigenvalue weighted by Crippen LogP contribution is -2.01. The number of benzene rings is 2. The zero-order valence-corrected chi connectivity index (χ0v) is 13.6. The molecule has 4 heteroatoms. The number of hydrogen-bond acceptors (Lipinski definition) is 3. The molecule has 4 nitrogen and oxygen atoms in total. The van der Waals surface area contributed by atoms with Crippen molar-refractivity contribution in [2.24, 2.45) is 4.99 Å². The number of methoxy groups -OCH3 is 1. The second-order valence-corrected chi connectivity index (χ2v) is 5.39. The van der Waals surface area contributed by atoms with E-state index >= 15 is 0 Å². The van der Waals surface area contributed by atoms with E-state index in [2.05, 4.69) is 9.56 Å². The molecule has 0 N–H and O–H groups in total. The Morgan fingerprint density at radius 2 is 1.88 bits per heavy atom. The predicted octanol–water partition coefficient (Wildman–Crippen LogP) is 4.32. The van der Waals surface area contributed by atoms with Gasteiger partial charge < -0.3 is 9.30 Å². The maximum atomic E-state index is 11.7. The van der Waals surface area contributed by atoms with E-state index in [1.54, 1.807) is 18.3 Å². The van der Waals surface area contributed by atoms with E-state index in [-0.39, 0.29) is 5.97 Å². The van der Waals surface area contributed by atoms with Crippen LogP contribution in [-0.4, -0.2) is 23.9 Å². The van der Waals surface area contributed by atoms with E-state index in [1.165, 1.54) is 7.11 Å². The van der Waals surface area contributed by atoms with Crippen molar-refractivity contribution in [2.75, 3.05) is 7.11 Å². The Morgan fingerprint density at radius 1 is 1.08 bits per heavy atom. The number of aryl methyl sites for hydroxylation is 1. The molecule has 24 heavy (non-hydrogen) atoms. The van der Waals surface area contributed by atoms with Crippen molar-refractivity contribution in [3.05, 3.63) is 83.7 Å². The first-order chi connectivity index (χ1) is 11.7. The number of rotatable bonds is 4. The molecule has 1 heterocycles. The molecule has 0 radical (unpaired) electrons. The Labute approximate surface area is 141 Å². The van der Waals surface area contributed by atoms with Gasteiger partial charge in [-0.15, -0.1) is 0 Å². The molecule has 0 fully saturated rings. The number of aliphatic imine (C=N–C) groups is 1. The van der Waals surface area contributed by atoms with Crippen LogP contribution in [0.15, 0.2) is 71.9 Å². The van der Waals surface area contributed by atoms with Crippen LogP contribution in [-0.2, 0) is 4.74 Å². The molecule has 0 aliphatic heterocycles. The molecule has 0 unspecified atom stereocenters. The predicted molar refractivity (Wildman–Crippen MR) is 95.5 cm³/mol. The minimum absolute atomic E-state index is 0.362. The number of carbonyl (C=O) groups excluding carboxylic acids is 1. The Bertz CT molecular complexity index is 880. The maximum absolute atomic E-state index is 11.7. The Morgan fingerprint density at radius 3 is 2.62 bits per heavy atom. The van der Waals surface area contributed by atoms with Crippen LogP contribution in [0.2, 0.25) is 0 Å². The van der Waals surface area contributed by atoms with Gasteiger partial charge in [-0.25, -0.2) is 4.79 Å². The van der Waals surface area contributed by atoms with E-state index in [0.717, 1.165) is 22.6 Å². The monoisotopic (exact) mass is 318 g/mol. The van der Waals surface area contributed by atoms with Crippen LogP contribution >= 0.6 is 0 Å². The van der Waals surface area contributed by atoms with Crippen molar-refractivity contribution in [1.29, 1.82) is 0 Å². The fourth-order valence-corrected chi connectivity index (χ4v) is 2.45. The second kappa shape index (κ2) is 6.96. The van der Waals surface area contributed by atoms with Gasteiger partial charge in [0.1, 0.15) is 0 Å². The van der Waals surface area contributed by atoms with Crippen molar-refractivity contribution in [1.82, 2.24) is 4.57 Å². The molecule has 3 aromatic rings. The first kappa shape index (κ1) is 15.7. The molecular weight excluding hydrogens is 300 g/mol. The van der Waals surface area contributed by atoms with Crippen LogP contribution < -0.4 is 0 Å². The van der Waals surface area contributed by atoms with Gasteiger partial charge in [-0.2, -0.15) is 0 Å². The first-order valence-electron chi connectivity index (χ1n) is 7.65. The summed E-state index contributed by atoms with van der Waals surface area (Å²) in [5.41, 5.74) is 4.28. The van der Waals surface area contributed by atoms with Crippen LogP contribution in [0.5, 0.6) is 0 Å². The van der Waals surface area contributed by atoms with Crippen molar-refractivity contribution in [3.8, 4) is 5.69 Å². The summed E-state index contributed by atoms with van der Waals surface area (Å²) in [4.78, 5) is 16.2. The van der Waals surface area contributed by atoms with Gasteiger partial charge in [-0.05, 0) is 48.9 Å². The molecule has 0 amide bonds. The molecule has 0 atom stereocenters. The summed E-state index contributed by atoms with van der Waals surface area (Å²) in [6, 6.07) is 19.4. The lowest BCUT2D eigenvalue weighted by molar-refractivity contribution is 0.0601. The third kappa shape index (κ3) is 3.27. The van der Waals surface area contributed by atoms with Crippen molar-refractivity contribution >= 4 is 17.9 Å². The lowest BCUT2D eigenvalue weighted by Gasteiger charge is -2.06. The normalized spacial score (nSPS) is 10.9. The number of hydrogen-bond donors (Lipinski definition) is 0. The largest absolute Gasteiger partial charge is 0.465 e. The van der Waals surface area contributed by atoms with E-state index in [0.29, 0.717) is 5.56 Å². The molecule has 0 saturated carbocycles. The van der Waals surface area contributed by atoms with Crippen LogP contribution in [0.3, 0.4) is 0 Å². The number of carbonyl (C=O) groups is 1. The fourth-order valence-electron chi connectivity index (χ4n) is 2.45. The van der Waals surface area contributed by atoms with E-state index in [4.69, 9.17) is 4.74 Å². The van der Waals surface area contributed by atoms with Gasteiger partial charge in [0, 0.05) is 11.9 Å². The number of para-hydroxylation sites is 1. The standard InChI is InChI=1S/C20H18N2O2/c1-15-10-11-16(20(23)24-2)13-19(15)21-14-18-9-6-12-22(18)17-7-4-3-5-8-17/h3-14H,1-2H3. The molecule has 2 aromatic carbocycles. The van der Waals surface area contributed by atoms with Gasteiger partial charge in [0.05, 0.1) is 30.3 Å². The SMILES string of the molecule is COC(=O)c1ccc(C)c(N=Cc2cccn2-c2ccccc2)c1. The second-order valence-electron chi connectivity index (χ2n) is 5.39. The number of ether oxygens (including phenoxy) is 1. The van der Waals surface area contributed by atoms with Gasteiger partial charge in [0.2, 0.25) is 0 Å². The summed E-state index contributed by atoms with van der Waals surface area (Å²) in [6.07, 6.45) is 3.80. The minimum atomic E-state index is -0.362. The van der Waals surface area contributed by atoms with Crippen LogP contribution in [0.1, 0.15) is 21.6 Å². The number of nitrogens with zero attached hydrogens (tertiary/aromatic N) is 2. The molecular formula is C20H18N2O2. The highest BCUT2D eigenvalue weighted by atomic mass is 16.5. The summed E-state index contributed by atoms with van der Waals surface area (Å²) in [7, 11) is 1.37. The Hall–Kier alpha value is -3.14. The zero-order chi connectivity index (χ0) is 16.9. The van der Waals surface area contributed by atoms with E-state index < -0.39 is 0 Å². The Balaban J connectivity index is 1.93. The van der Waals surface area contributed by atoms with E-state index in [9.17, 15) is 4.79 Å². The van der Waals surface area contributed by atoms with Crippen LogP contribution in [0, 0.1) is 6.92 Å². The zero-order valence-electron chi connectivity index (χ0n) is 13.6. The number of aromatic nitrogens is 1. The van der Waals surface area contributed by atoms with Gasteiger partial charge in [0.25, 0.3) is 0 Å². The number of esters is 1. The topological polar surface area (TPSA) is 43.6 Å². The third-order valence-electron chi connectivity index (χ3n) is 3.78. The molecule has 3 rings (SSSR count). The third-order valence-corrected chi connectivity index (χ3v) is 3.78. The fraction of sp³-hybridized carbons (Fsp3) is 0.100. The smallest absolute Gasteiger partial charge is 0.337 e. The van der Waals surface area contributed by atoms with Gasteiger partial charge in [0.15, 0.2) is 0 Å². The van der Waals surface area contributed by atoms with Crippen molar-refractivity contribution in [3.63, 3.8) is 0 Å². The quantitative estimate of drug-likeness (QED) is 0.531. The first-order valence-corrected chi connectivity index (χ1v) is 7.65. The highest BCUT2D eigenvalue weighted by Gasteiger charge is 2.07. The Kier molecular flexibility index (Phi) is 4.57. The highest BCUT2D eigenvalue weighted by Crippen LogP contribution is 2.21. The average Bonchev–Trinajstić information content (AvgIpc) is 3.09. The molecule has 0 bridgehead atoms. The molecule has 0 saturated heterocycles. The molecule has 0 aliphatic carbocycles. The summed E-state index contributed by atoms with van der Waals surface area (Å²) < 4.78 is 6.82. The molecule has 120 valence electrons.